The molecular weight excluding hydrogens is 248 g/mol. The predicted octanol–water partition coefficient (Wildman–Crippen LogP) is 4.04. The van der Waals surface area contributed by atoms with Crippen LogP contribution in [0, 0.1) is 5.92 Å². The van der Waals surface area contributed by atoms with E-state index in [1.54, 1.807) is 0 Å². The third-order valence-electron chi connectivity index (χ3n) is 4.43. The maximum absolute atomic E-state index is 6.08. The van der Waals surface area contributed by atoms with Crippen LogP contribution in [0.25, 0.3) is 0 Å². The van der Waals surface area contributed by atoms with E-state index in [4.69, 9.17) is 9.47 Å². The van der Waals surface area contributed by atoms with Crippen LogP contribution in [0.3, 0.4) is 0 Å². The van der Waals surface area contributed by atoms with Gasteiger partial charge < -0.3 is 9.47 Å². The highest BCUT2D eigenvalue weighted by atomic mass is 16.5. The molecule has 2 aliphatic heterocycles. The molecule has 0 radical (unpaired) electrons. The summed E-state index contributed by atoms with van der Waals surface area (Å²) in [6.45, 7) is 1.56. The molecule has 0 saturated carbocycles. The zero-order valence-corrected chi connectivity index (χ0v) is 11.4. The van der Waals surface area contributed by atoms with E-state index in [2.05, 4.69) is 54.6 Å². The molecule has 20 heavy (non-hydrogen) atoms. The summed E-state index contributed by atoms with van der Waals surface area (Å²) in [7, 11) is 0. The average Bonchev–Trinajstić information content (AvgIpc) is 3.14. The molecule has 0 spiro atoms. The summed E-state index contributed by atoms with van der Waals surface area (Å²) >= 11 is 0. The molecular formula is C18H18O2. The zero-order chi connectivity index (χ0) is 13.4. The maximum Gasteiger partial charge on any atom is 0.0890 e. The Labute approximate surface area is 119 Å². The van der Waals surface area contributed by atoms with Gasteiger partial charge in [0.2, 0.25) is 0 Å². The lowest BCUT2D eigenvalue weighted by Crippen LogP contribution is -2.16. The van der Waals surface area contributed by atoms with E-state index < -0.39 is 0 Å². The second-order valence-corrected chi connectivity index (χ2v) is 5.59. The Balaban J connectivity index is 1.66. The molecule has 0 aromatic heterocycles. The lowest BCUT2D eigenvalue weighted by molar-refractivity contribution is -0.0116. The number of ether oxygens (including phenoxy) is 2. The van der Waals surface area contributed by atoms with Crippen molar-refractivity contribution in [1.29, 1.82) is 0 Å². The van der Waals surface area contributed by atoms with Gasteiger partial charge in [-0.3, -0.25) is 0 Å². The van der Waals surface area contributed by atoms with Gasteiger partial charge in [-0.15, -0.1) is 0 Å². The second-order valence-electron chi connectivity index (χ2n) is 5.59. The molecule has 2 heterocycles. The van der Waals surface area contributed by atoms with Crippen molar-refractivity contribution in [2.75, 3.05) is 6.61 Å². The Morgan fingerprint density at radius 3 is 2.50 bits per heavy atom. The van der Waals surface area contributed by atoms with E-state index in [0.717, 1.165) is 19.6 Å². The number of fused-ring (bicyclic) bond motifs is 1. The van der Waals surface area contributed by atoms with Crippen molar-refractivity contribution in [3.05, 3.63) is 71.3 Å². The molecule has 2 aromatic carbocycles. The average molecular weight is 266 g/mol. The maximum atomic E-state index is 6.08. The van der Waals surface area contributed by atoms with Crippen LogP contribution in [-0.2, 0) is 16.1 Å². The van der Waals surface area contributed by atoms with E-state index in [9.17, 15) is 0 Å². The first-order valence-corrected chi connectivity index (χ1v) is 7.29. The minimum atomic E-state index is 0.160. The lowest BCUT2D eigenvalue weighted by Gasteiger charge is -2.24. The summed E-state index contributed by atoms with van der Waals surface area (Å²) < 4.78 is 12.1. The van der Waals surface area contributed by atoms with Gasteiger partial charge in [0.1, 0.15) is 0 Å². The molecule has 0 bridgehead atoms. The van der Waals surface area contributed by atoms with Crippen LogP contribution < -0.4 is 0 Å². The van der Waals surface area contributed by atoms with Gasteiger partial charge in [0.25, 0.3) is 0 Å². The van der Waals surface area contributed by atoms with Crippen molar-refractivity contribution in [2.24, 2.45) is 5.92 Å². The molecule has 102 valence electrons. The topological polar surface area (TPSA) is 18.5 Å². The molecule has 3 atom stereocenters. The van der Waals surface area contributed by atoms with Crippen LogP contribution in [0.2, 0.25) is 0 Å². The number of benzene rings is 2. The van der Waals surface area contributed by atoms with E-state index in [1.165, 1.54) is 16.7 Å². The summed E-state index contributed by atoms with van der Waals surface area (Å²) in [5.41, 5.74) is 3.95. The van der Waals surface area contributed by atoms with Gasteiger partial charge in [0.15, 0.2) is 0 Å². The summed E-state index contributed by atoms with van der Waals surface area (Å²) in [6, 6.07) is 19.1. The van der Waals surface area contributed by atoms with E-state index in [-0.39, 0.29) is 12.2 Å². The van der Waals surface area contributed by atoms with Crippen LogP contribution in [0.5, 0.6) is 0 Å². The zero-order valence-electron chi connectivity index (χ0n) is 11.4. The fraction of sp³-hybridized carbons (Fsp3) is 0.333. The highest BCUT2D eigenvalue weighted by Gasteiger charge is 2.40. The monoisotopic (exact) mass is 266 g/mol. The van der Waals surface area contributed by atoms with Crippen LogP contribution in [0.4, 0.5) is 0 Å². The summed E-state index contributed by atoms with van der Waals surface area (Å²) in [5, 5.41) is 0. The van der Waals surface area contributed by atoms with Gasteiger partial charge in [0, 0.05) is 12.5 Å². The summed E-state index contributed by atoms with van der Waals surface area (Å²) in [4.78, 5) is 0. The summed E-state index contributed by atoms with van der Waals surface area (Å²) in [5.74, 6) is 0.418. The fourth-order valence-corrected chi connectivity index (χ4v) is 3.47. The molecule has 1 fully saturated rings. The minimum Gasteiger partial charge on any atom is -0.373 e. The molecule has 2 heteroatoms. The van der Waals surface area contributed by atoms with Gasteiger partial charge in [-0.2, -0.15) is 0 Å². The van der Waals surface area contributed by atoms with E-state index in [1.807, 2.05) is 0 Å². The van der Waals surface area contributed by atoms with Crippen molar-refractivity contribution in [3.63, 3.8) is 0 Å². The van der Waals surface area contributed by atoms with E-state index in [0.29, 0.717) is 5.92 Å². The SMILES string of the molecule is c1ccc([C@@H]2OCC[C@H]2[C@H]2OCc3ccccc32)cc1. The third-order valence-corrected chi connectivity index (χ3v) is 4.43. The minimum absolute atomic E-state index is 0.160. The lowest BCUT2D eigenvalue weighted by atomic mass is 9.86. The molecule has 0 aliphatic carbocycles. The number of rotatable bonds is 2. The Bertz CT molecular complexity index is 593. The first-order valence-electron chi connectivity index (χ1n) is 7.29. The van der Waals surface area contributed by atoms with Crippen molar-refractivity contribution in [3.8, 4) is 0 Å². The first-order chi connectivity index (χ1) is 9.93. The first kappa shape index (κ1) is 12.1. The van der Waals surface area contributed by atoms with Crippen LogP contribution in [0.1, 0.15) is 35.3 Å². The highest BCUT2D eigenvalue weighted by Crippen LogP contribution is 2.47. The van der Waals surface area contributed by atoms with Crippen molar-refractivity contribution in [2.45, 2.75) is 25.2 Å². The second kappa shape index (κ2) is 5.04. The summed E-state index contributed by atoms with van der Waals surface area (Å²) in [6.07, 6.45) is 1.41. The quantitative estimate of drug-likeness (QED) is 0.817. The molecule has 0 N–H and O–H groups in total. The molecule has 2 aliphatic rings. The molecule has 1 saturated heterocycles. The normalized spacial score (nSPS) is 28.5. The Morgan fingerprint density at radius 2 is 1.60 bits per heavy atom. The van der Waals surface area contributed by atoms with Gasteiger partial charge in [-0.05, 0) is 23.1 Å². The number of hydrogen-bond donors (Lipinski definition) is 0. The molecule has 2 nitrogen and oxygen atoms in total. The highest BCUT2D eigenvalue weighted by molar-refractivity contribution is 5.33. The van der Waals surface area contributed by atoms with Crippen molar-refractivity contribution >= 4 is 0 Å². The van der Waals surface area contributed by atoms with Crippen molar-refractivity contribution in [1.82, 2.24) is 0 Å². The largest absolute Gasteiger partial charge is 0.373 e. The van der Waals surface area contributed by atoms with Gasteiger partial charge >= 0.3 is 0 Å². The van der Waals surface area contributed by atoms with Gasteiger partial charge in [-0.25, -0.2) is 0 Å². The van der Waals surface area contributed by atoms with E-state index >= 15 is 0 Å². The molecule has 0 unspecified atom stereocenters. The van der Waals surface area contributed by atoms with Gasteiger partial charge in [0.05, 0.1) is 18.8 Å². The Hall–Kier alpha value is -1.64. The van der Waals surface area contributed by atoms with Crippen LogP contribution in [-0.4, -0.2) is 6.61 Å². The molecule has 2 aromatic rings. The molecule has 4 rings (SSSR count). The Kier molecular flexibility index (Phi) is 3.06. The van der Waals surface area contributed by atoms with Gasteiger partial charge in [-0.1, -0.05) is 54.6 Å². The van der Waals surface area contributed by atoms with Crippen molar-refractivity contribution < 1.29 is 9.47 Å². The molecule has 0 amide bonds. The fourth-order valence-electron chi connectivity index (χ4n) is 3.47. The third kappa shape index (κ3) is 1.96. The number of hydrogen-bond acceptors (Lipinski definition) is 2. The Morgan fingerprint density at radius 1 is 0.800 bits per heavy atom. The standard InChI is InChI=1S/C18H18O2/c1-2-6-13(7-3-1)17-16(10-11-19-17)18-15-9-5-4-8-14(15)12-20-18/h1-9,16-18H,10-12H2/t16-,17+,18+/m1/s1. The van der Waals surface area contributed by atoms with Crippen LogP contribution >= 0.6 is 0 Å². The smallest absolute Gasteiger partial charge is 0.0890 e. The predicted molar refractivity (Wildman–Crippen MR) is 77.2 cm³/mol. The van der Waals surface area contributed by atoms with Crippen LogP contribution in [0.15, 0.2) is 54.6 Å².